The predicted molar refractivity (Wildman–Crippen MR) is 116 cm³/mol. The van der Waals surface area contributed by atoms with E-state index in [9.17, 15) is 14.4 Å². The van der Waals surface area contributed by atoms with Gasteiger partial charge in [0.15, 0.2) is 6.61 Å². The van der Waals surface area contributed by atoms with Crippen LogP contribution in [0.1, 0.15) is 49.3 Å². The van der Waals surface area contributed by atoms with Crippen LogP contribution in [0.5, 0.6) is 5.75 Å². The third kappa shape index (κ3) is 7.58. The Morgan fingerprint density at radius 1 is 0.867 bits per heavy atom. The van der Waals surface area contributed by atoms with Gasteiger partial charge >= 0.3 is 0 Å². The summed E-state index contributed by atoms with van der Waals surface area (Å²) in [5.41, 5.74) is 8.46. The average molecular weight is 412 g/mol. The van der Waals surface area contributed by atoms with Gasteiger partial charge in [0.1, 0.15) is 5.75 Å². The van der Waals surface area contributed by atoms with E-state index < -0.39 is 11.8 Å². The Bertz CT molecular complexity index is 892. The number of anilines is 1. The number of hydrogen-bond donors (Lipinski definition) is 3. The van der Waals surface area contributed by atoms with E-state index in [2.05, 4.69) is 30.0 Å². The van der Waals surface area contributed by atoms with Gasteiger partial charge in [-0.2, -0.15) is 0 Å². The number of nitrogens with one attached hydrogen (secondary N) is 3. The van der Waals surface area contributed by atoms with Gasteiger partial charge in [-0.05, 0) is 54.7 Å². The Kier molecular flexibility index (Phi) is 8.41. The zero-order valence-corrected chi connectivity index (χ0v) is 17.9. The van der Waals surface area contributed by atoms with Gasteiger partial charge in [0.2, 0.25) is 11.8 Å². The molecule has 2 aromatic rings. The Labute approximate surface area is 177 Å². The molecule has 0 unspecified atom stereocenters. The zero-order valence-electron chi connectivity index (χ0n) is 17.9. The van der Waals surface area contributed by atoms with Gasteiger partial charge in [-0.25, -0.2) is 0 Å². The molecule has 0 saturated heterocycles. The summed E-state index contributed by atoms with van der Waals surface area (Å²) in [6, 6.07) is 13.3. The summed E-state index contributed by atoms with van der Waals surface area (Å²) in [5.74, 6) is -0.223. The van der Waals surface area contributed by atoms with Crippen LogP contribution in [0.15, 0.2) is 42.5 Å². The third-order valence-corrected chi connectivity index (χ3v) is 4.50. The minimum absolute atomic E-state index is 0.00772. The first-order valence-corrected chi connectivity index (χ1v) is 9.92. The molecule has 0 radical (unpaired) electrons. The van der Waals surface area contributed by atoms with Gasteiger partial charge < -0.3 is 10.1 Å². The van der Waals surface area contributed by atoms with Gasteiger partial charge in [0, 0.05) is 18.5 Å². The van der Waals surface area contributed by atoms with Gasteiger partial charge in [0.05, 0.1) is 0 Å². The van der Waals surface area contributed by atoms with Crippen LogP contribution >= 0.6 is 0 Å². The fourth-order valence-electron chi connectivity index (χ4n) is 2.65. The Balaban J connectivity index is 1.66. The van der Waals surface area contributed by atoms with Crippen molar-refractivity contribution in [3.05, 3.63) is 59.2 Å². The molecule has 2 aromatic carbocycles. The minimum Gasteiger partial charge on any atom is -0.484 e. The van der Waals surface area contributed by atoms with Crippen LogP contribution in [0.4, 0.5) is 5.69 Å². The van der Waals surface area contributed by atoms with Crippen molar-refractivity contribution in [2.75, 3.05) is 11.9 Å². The molecule has 3 N–H and O–H groups in total. The number of aryl methyl sites for hydroxylation is 2. The number of amides is 3. The van der Waals surface area contributed by atoms with Crippen LogP contribution in [0.3, 0.4) is 0 Å². The molecule has 7 nitrogen and oxygen atoms in total. The Morgan fingerprint density at radius 3 is 2.17 bits per heavy atom. The van der Waals surface area contributed by atoms with Gasteiger partial charge in [0.25, 0.3) is 5.91 Å². The number of rotatable bonds is 8. The summed E-state index contributed by atoms with van der Waals surface area (Å²) < 4.78 is 5.39. The van der Waals surface area contributed by atoms with E-state index in [0.717, 1.165) is 16.8 Å². The lowest BCUT2D eigenvalue weighted by atomic mass is 10.0. The highest BCUT2D eigenvalue weighted by atomic mass is 16.5. The number of ether oxygens (including phenoxy) is 1. The maximum absolute atomic E-state index is 12.0. The van der Waals surface area contributed by atoms with Gasteiger partial charge in [-0.15, -0.1) is 0 Å². The molecule has 3 amide bonds. The fraction of sp³-hybridized carbons (Fsp3) is 0.348. The quantitative estimate of drug-likeness (QED) is 0.580. The molecule has 0 aliphatic rings. The van der Waals surface area contributed by atoms with Gasteiger partial charge in [-0.1, -0.05) is 38.1 Å². The Morgan fingerprint density at radius 2 is 1.50 bits per heavy atom. The number of hydrogen-bond acceptors (Lipinski definition) is 4. The van der Waals surface area contributed by atoms with Crippen molar-refractivity contribution in [1.29, 1.82) is 0 Å². The van der Waals surface area contributed by atoms with E-state index in [-0.39, 0.29) is 25.4 Å². The van der Waals surface area contributed by atoms with Crippen LogP contribution in [0.25, 0.3) is 0 Å². The molecule has 0 heterocycles. The monoisotopic (exact) mass is 411 g/mol. The highest BCUT2D eigenvalue weighted by Gasteiger charge is 2.10. The molecule has 2 rings (SSSR count). The maximum Gasteiger partial charge on any atom is 0.276 e. The molecule has 30 heavy (non-hydrogen) atoms. The SMILES string of the molecule is Cc1ccc(C)c(NC(=O)CCC(=O)NNC(=O)COc2ccc(C(C)C)cc2)c1. The third-order valence-electron chi connectivity index (χ3n) is 4.50. The van der Waals surface area contributed by atoms with E-state index >= 15 is 0 Å². The normalized spacial score (nSPS) is 10.4. The summed E-state index contributed by atoms with van der Waals surface area (Å²) in [4.78, 5) is 35.7. The second-order valence-corrected chi connectivity index (χ2v) is 7.48. The molecule has 0 aliphatic heterocycles. The highest BCUT2D eigenvalue weighted by molar-refractivity contribution is 5.94. The largest absolute Gasteiger partial charge is 0.484 e. The van der Waals surface area contributed by atoms with Crippen molar-refractivity contribution in [2.24, 2.45) is 0 Å². The molecule has 0 spiro atoms. The van der Waals surface area contributed by atoms with Crippen molar-refractivity contribution >= 4 is 23.4 Å². The molecule has 0 fully saturated rings. The van der Waals surface area contributed by atoms with Crippen LogP contribution in [0, 0.1) is 13.8 Å². The van der Waals surface area contributed by atoms with Crippen LogP contribution in [-0.4, -0.2) is 24.3 Å². The van der Waals surface area contributed by atoms with Crippen LogP contribution < -0.4 is 20.9 Å². The van der Waals surface area contributed by atoms with Crippen molar-refractivity contribution < 1.29 is 19.1 Å². The summed E-state index contributed by atoms with van der Waals surface area (Å²) in [6.07, 6.45) is -0.0394. The average Bonchev–Trinajstić information content (AvgIpc) is 2.72. The topological polar surface area (TPSA) is 96.5 Å². The molecule has 0 aromatic heterocycles. The number of hydrazine groups is 1. The molecular weight excluding hydrogens is 382 g/mol. The second-order valence-electron chi connectivity index (χ2n) is 7.48. The summed E-state index contributed by atoms with van der Waals surface area (Å²) in [7, 11) is 0. The van der Waals surface area contributed by atoms with E-state index in [0.29, 0.717) is 11.7 Å². The smallest absolute Gasteiger partial charge is 0.276 e. The summed E-state index contributed by atoms with van der Waals surface area (Å²) in [6.45, 7) is 7.81. The predicted octanol–water partition coefficient (Wildman–Crippen LogP) is 3.37. The first-order chi connectivity index (χ1) is 14.2. The molecule has 0 aliphatic carbocycles. The van der Waals surface area contributed by atoms with E-state index in [4.69, 9.17) is 4.74 Å². The second kappa shape index (κ2) is 11.0. The van der Waals surface area contributed by atoms with Crippen molar-refractivity contribution in [3.8, 4) is 5.75 Å². The zero-order chi connectivity index (χ0) is 22.1. The molecule has 0 saturated carbocycles. The van der Waals surface area contributed by atoms with E-state index in [1.165, 1.54) is 5.56 Å². The molecule has 160 valence electrons. The number of benzene rings is 2. The lowest BCUT2D eigenvalue weighted by Crippen LogP contribution is -2.44. The van der Waals surface area contributed by atoms with Crippen molar-refractivity contribution in [3.63, 3.8) is 0 Å². The number of carbonyl (C=O) groups is 3. The molecule has 7 heteroatoms. The fourth-order valence-corrected chi connectivity index (χ4v) is 2.65. The van der Waals surface area contributed by atoms with Gasteiger partial charge in [-0.3, -0.25) is 25.2 Å². The summed E-state index contributed by atoms with van der Waals surface area (Å²) >= 11 is 0. The molecule has 0 bridgehead atoms. The van der Waals surface area contributed by atoms with E-state index in [1.807, 2.05) is 44.2 Å². The van der Waals surface area contributed by atoms with Crippen molar-refractivity contribution in [1.82, 2.24) is 10.9 Å². The highest BCUT2D eigenvalue weighted by Crippen LogP contribution is 2.18. The lowest BCUT2D eigenvalue weighted by molar-refractivity contribution is -0.130. The van der Waals surface area contributed by atoms with Crippen LogP contribution in [-0.2, 0) is 14.4 Å². The lowest BCUT2D eigenvalue weighted by Gasteiger charge is -2.11. The van der Waals surface area contributed by atoms with Crippen molar-refractivity contribution in [2.45, 2.75) is 46.5 Å². The van der Waals surface area contributed by atoms with Crippen LogP contribution in [0.2, 0.25) is 0 Å². The standard InChI is InChI=1S/C23H29N3O4/c1-15(2)18-7-9-19(10-8-18)30-14-23(29)26-25-22(28)12-11-21(27)24-20-13-16(3)5-6-17(20)4/h5-10,13,15H,11-12,14H2,1-4H3,(H,24,27)(H,25,28)(H,26,29). The molecular formula is C23H29N3O4. The minimum atomic E-state index is -0.490. The summed E-state index contributed by atoms with van der Waals surface area (Å²) in [5, 5.41) is 2.79. The maximum atomic E-state index is 12.0. The van der Waals surface area contributed by atoms with E-state index in [1.54, 1.807) is 12.1 Å². The first kappa shape index (κ1) is 22.9. The number of carbonyl (C=O) groups excluding carboxylic acids is 3. The molecule has 0 atom stereocenters. The first-order valence-electron chi connectivity index (χ1n) is 9.92. The Hall–Kier alpha value is -3.35.